The van der Waals surface area contributed by atoms with Crippen molar-refractivity contribution in [1.82, 2.24) is 0 Å². The second-order valence-corrected chi connectivity index (χ2v) is 7.05. The van der Waals surface area contributed by atoms with Crippen molar-refractivity contribution in [2.24, 2.45) is 0 Å². The minimum absolute atomic E-state index is 0.00694. The molecule has 0 radical (unpaired) electrons. The Labute approximate surface area is 182 Å². The first-order valence-corrected chi connectivity index (χ1v) is 10.4. The smallest absolute Gasteiger partial charge is 0.343 e. The third kappa shape index (κ3) is 8.43. The van der Waals surface area contributed by atoms with Crippen molar-refractivity contribution in [2.45, 2.75) is 51.9 Å². The molecule has 0 N–H and O–H groups in total. The van der Waals surface area contributed by atoms with Gasteiger partial charge in [0, 0.05) is 12.1 Å². The maximum atomic E-state index is 13.6. The zero-order valence-electron chi connectivity index (χ0n) is 17.6. The zero-order valence-corrected chi connectivity index (χ0v) is 17.6. The van der Waals surface area contributed by atoms with E-state index in [1.807, 2.05) is 6.08 Å². The molecule has 0 unspecified atom stereocenters. The standard InChI is InChI=1S/C25H26FNO4/c1-2-3-4-5-6-7-8-9-10-24(28)30-21-14-11-19(12-15-21)25(29)31-22-16-13-20(18-27)23(26)17-22/h9-17H,2-8H2,1H3/b10-9+. The Morgan fingerprint density at radius 2 is 1.65 bits per heavy atom. The second kappa shape index (κ2) is 13.0. The Morgan fingerprint density at radius 3 is 2.32 bits per heavy atom. The van der Waals surface area contributed by atoms with Crippen molar-refractivity contribution in [3.63, 3.8) is 0 Å². The number of nitriles is 1. The number of esters is 2. The lowest BCUT2D eigenvalue weighted by Gasteiger charge is -2.06. The largest absolute Gasteiger partial charge is 0.423 e. The molecule has 31 heavy (non-hydrogen) atoms. The Balaban J connectivity index is 1.78. The third-order valence-corrected chi connectivity index (χ3v) is 4.56. The number of unbranched alkanes of at least 4 members (excludes halogenated alkanes) is 6. The van der Waals surface area contributed by atoms with Crippen LogP contribution in [0.3, 0.4) is 0 Å². The first-order valence-electron chi connectivity index (χ1n) is 10.4. The number of carbonyl (C=O) groups excluding carboxylic acids is 2. The number of allylic oxidation sites excluding steroid dienone is 1. The zero-order chi connectivity index (χ0) is 22.5. The molecule has 0 fully saturated rings. The maximum Gasteiger partial charge on any atom is 0.343 e. The van der Waals surface area contributed by atoms with Gasteiger partial charge in [-0.1, -0.05) is 45.1 Å². The Morgan fingerprint density at radius 1 is 0.968 bits per heavy atom. The monoisotopic (exact) mass is 423 g/mol. The summed E-state index contributed by atoms with van der Waals surface area (Å²) in [5.41, 5.74) is 0.0789. The first kappa shape index (κ1) is 23.8. The number of halogens is 1. The van der Waals surface area contributed by atoms with Gasteiger partial charge in [-0.2, -0.15) is 5.26 Å². The molecule has 2 rings (SSSR count). The number of nitrogens with zero attached hydrogens (tertiary/aromatic N) is 1. The summed E-state index contributed by atoms with van der Waals surface area (Å²) < 4.78 is 23.9. The van der Waals surface area contributed by atoms with Gasteiger partial charge in [0.05, 0.1) is 11.1 Å². The van der Waals surface area contributed by atoms with Gasteiger partial charge < -0.3 is 9.47 Å². The van der Waals surface area contributed by atoms with Gasteiger partial charge in [-0.05, 0) is 49.2 Å². The van der Waals surface area contributed by atoms with E-state index >= 15 is 0 Å². The van der Waals surface area contributed by atoms with E-state index in [0.29, 0.717) is 5.75 Å². The van der Waals surface area contributed by atoms with Crippen LogP contribution in [-0.2, 0) is 4.79 Å². The number of rotatable bonds is 11. The van der Waals surface area contributed by atoms with Crippen molar-refractivity contribution in [2.75, 3.05) is 0 Å². The van der Waals surface area contributed by atoms with Crippen LogP contribution >= 0.6 is 0 Å². The van der Waals surface area contributed by atoms with E-state index in [4.69, 9.17) is 14.7 Å². The van der Waals surface area contributed by atoms with E-state index in [2.05, 4.69) is 6.92 Å². The molecule has 0 aliphatic heterocycles. The summed E-state index contributed by atoms with van der Waals surface area (Å²) in [5.74, 6) is -1.64. The molecule has 0 spiro atoms. The number of benzene rings is 2. The minimum atomic E-state index is -0.764. The van der Waals surface area contributed by atoms with E-state index in [0.717, 1.165) is 25.3 Å². The molecule has 0 amide bonds. The summed E-state index contributed by atoms with van der Waals surface area (Å²) in [6.45, 7) is 2.19. The molecule has 0 aliphatic rings. The molecule has 0 saturated heterocycles. The second-order valence-electron chi connectivity index (χ2n) is 7.05. The molecule has 5 nitrogen and oxygen atoms in total. The highest BCUT2D eigenvalue weighted by Crippen LogP contribution is 2.19. The molecule has 0 bridgehead atoms. The quantitative estimate of drug-likeness (QED) is 0.188. The molecule has 0 saturated carbocycles. The minimum Gasteiger partial charge on any atom is -0.423 e. The van der Waals surface area contributed by atoms with E-state index in [-0.39, 0.29) is 16.9 Å². The molecule has 0 heterocycles. The highest BCUT2D eigenvalue weighted by atomic mass is 19.1. The van der Waals surface area contributed by atoms with E-state index in [1.165, 1.54) is 68.2 Å². The van der Waals surface area contributed by atoms with Crippen LogP contribution in [0.25, 0.3) is 0 Å². The van der Waals surface area contributed by atoms with Crippen LogP contribution in [0.5, 0.6) is 11.5 Å². The summed E-state index contributed by atoms with van der Waals surface area (Å²) >= 11 is 0. The van der Waals surface area contributed by atoms with Gasteiger partial charge in [-0.15, -0.1) is 0 Å². The molecular formula is C25H26FNO4. The Hall–Kier alpha value is -3.46. The summed E-state index contributed by atoms with van der Waals surface area (Å²) in [4.78, 5) is 24.0. The van der Waals surface area contributed by atoms with Crippen molar-refractivity contribution in [3.8, 4) is 17.6 Å². The third-order valence-electron chi connectivity index (χ3n) is 4.56. The fourth-order valence-electron chi connectivity index (χ4n) is 2.85. The predicted molar refractivity (Wildman–Crippen MR) is 115 cm³/mol. The fourth-order valence-corrected chi connectivity index (χ4v) is 2.85. The average Bonchev–Trinajstić information content (AvgIpc) is 2.76. The Kier molecular flexibility index (Phi) is 9.96. The van der Waals surface area contributed by atoms with E-state index in [9.17, 15) is 14.0 Å². The van der Waals surface area contributed by atoms with Crippen LogP contribution in [0.2, 0.25) is 0 Å². The summed E-state index contributed by atoms with van der Waals surface area (Å²) in [7, 11) is 0. The highest BCUT2D eigenvalue weighted by molar-refractivity contribution is 5.91. The van der Waals surface area contributed by atoms with Crippen LogP contribution < -0.4 is 9.47 Å². The Bertz CT molecular complexity index is 945. The lowest BCUT2D eigenvalue weighted by atomic mass is 10.1. The molecule has 0 atom stereocenters. The summed E-state index contributed by atoms with van der Waals surface area (Å²) in [6, 6.07) is 11.1. The van der Waals surface area contributed by atoms with Gasteiger partial charge in [0.1, 0.15) is 23.4 Å². The molecular weight excluding hydrogens is 397 g/mol. The summed E-state index contributed by atoms with van der Waals surface area (Å²) in [5, 5.41) is 8.73. The lowest BCUT2D eigenvalue weighted by Crippen LogP contribution is -2.09. The molecule has 2 aromatic rings. The van der Waals surface area contributed by atoms with Crippen molar-refractivity contribution < 1.29 is 23.5 Å². The average molecular weight is 423 g/mol. The van der Waals surface area contributed by atoms with Gasteiger partial charge in [-0.3, -0.25) is 0 Å². The van der Waals surface area contributed by atoms with Gasteiger partial charge in [-0.25, -0.2) is 14.0 Å². The number of carbonyl (C=O) groups is 2. The SMILES string of the molecule is CCCCCCCC/C=C/C(=O)Oc1ccc(C(=O)Oc2ccc(C#N)c(F)c2)cc1. The normalized spacial score (nSPS) is 10.6. The van der Waals surface area contributed by atoms with Gasteiger partial charge in [0.25, 0.3) is 0 Å². The molecule has 0 aromatic heterocycles. The number of ether oxygens (including phenoxy) is 2. The molecule has 162 valence electrons. The topological polar surface area (TPSA) is 76.4 Å². The molecule has 0 aliphatic carbocycles. The van der Waals surface area contributed by atoms with Gasteiger partial charge >= 0.3 is 11.9 Å². The molecule has 2 aromatic carbocycles. The van der Waals surface area contributed by atoms with Crippen molar-refractivity contribution >= 4 is 11.9 Å². The van der Waals surface area contributed by atoms with Crippen molar-refractivity contribution in [3.05, 3.63) is 71.6 Å². The number of hydrogen-bond donors (Lipinski definition) is 0. The fraction of sp³-hybridized carbons (Fsp3) is 0.320. The first-order chi connectivity index (χ1) is 15.0. The van der Waals surface area contributed by atoms with E-state index < -0.39 is 17.8 Å². The highest BCUT2D eigenvalue weighted by Gasteiger charge is 2.11. The van der Waals surface area contributed by atoms with Crippen LogP contribution in [0.15, 0.2) is 54.6 Å². The van der Waals surface area contributed by atoms with Crippen LogP contribution in [0.4, 0.5) is 4.39 Å². The van der Waals surface area contributed by atoms with Gasteiger partial charge in [0.2, 0.25) is 0 Å². The summed E-state index contributed by atoms with van der Waals surface area (Å²) in [6.07, 6.45) is 11.2. The molecule has 6 heteroatoms. The van der Waals surface area contributed by atoms with Crippen molar-refractivity contribution in [1.29, 1.82) is 5.26 Å². The van der Waals surface area contributed by atoms with Crippen LogP contribution in [0.1, 0.15) is 67.8 Å². The lowest BCUT2D eigenvalue weighted by molar-refractivity contribution is -0.129. The van der Waals surface area contributed by atoms with Gasteiger partial charge in [0.15, 0.2) is 0 Å². The van der Waals surface area contributed by atoms with Crippen LogP contribution in [0, 0.1) is 17.1 Å². The predicted octanol–water partition coefficient (Wildman–Crippen LogP) is 6.13. The maximum absolute atomic E-state index is 13.6. The van der Waals surface area contributed by atoms with E-state index in [1.54, 1.807) is 6.07 Å². The number of hydrogen-bond acceptors (Lipinski definition) is 5. The van der Waals surface area contributed by atoms with Crippen LogP contribution in [-0.4, -0.2) is 11.9 Å².